The largest absolute Gasteiger partial charge is 0.480 e. The average molecular weight is 311 g/mol. The van der Waals surface area contributed by atoms with Gasteiger partial charge in [0.25, 0.3) is 0 Å². The van der Waals surface area contributed by atoms with Crippen LogP contribution >= 0.6 is 11.8 Å². The highest BCUT2D eigenvalue weighted by Crippen LogP contribution is 2.15. The van der Waals surface area contributed by atoms with Gasteiger partial charge in [0, 0.05) is 5.75 Å². The van der Waals surface area contributed by atoms with Gasteiger partial charge >= 0.3 is 11.9 Å². The Labute approximate surface area is 126 Å². The number of rotatable bonds is 9. The first-order chi connectivity index (χ1) is 10.1. The van der Waals surface area contributed by atoms with Crippen molar-refractivity contribution in [3.8, 4) is 0 Å². The number of amides is 1. The number of carbonyl (C=O) groups is 3. The van der Waals surface area contributed by atoms with Gasteiger partial charge in [0.1, 0.15) is 6.04 Å². The Morgan fingerprint density at radius 2 is 2.05 bits per heavy atom. The van der Waals surface area contributed by atoms with Crippen molar-refractivity contribution in [3.63, 3.8) is 0 Å². The van der Waals surface area contributed by atoms with Crippen LogP contribution in [0.2, 0.25) is 0 Å². The normalized spacial score (nSPS) is 11.5. The number of esters is 1. The van der Waals surface area contributed by atoms with E-state index in [4.69, 9.17) is 5.11 Å². The average Bonchev–Trinajstić information content (AvgIpc) is 2.50. The van der Waals surface area contributed by atoms with E-state index in [2.05, 4.69) is 10.1 Å². The van der Waals surface area contributed by atoms with Gasteiger partial charge in [-0.2, -0.15) is 11.8 Å². The number of ether oxygens (including phenoxy) is 1. The second-order valence-electron chi connectivity index (χ2n) is 4.21. The monoisotopic (exact) mass is 311 g/mol. The van der Waals surface area contributed by atoms with E-state index in [-0.39, 0.29) is 5.97 Å². The van der Waals surface area contributed by atoms with Crippen LogP contribution in [-0.2, 0) is 20.1 Å². The minimum atomic E-state index is -1.04. The summed E-state index contributed by atoms with van der Waals surface area (Å²) in [5, 5.41) is 11.1. The lowest BCUT2D eigenvalue weighted by molar-refractivity contribution is -0.140. The van der Waals surface area contributed by atoms with Crippen molar-refractivity contribution in [2.24, 2.45) is 0 Å². The molecule has 1 aromatic rings. The van der Waals surface area contributed by atoms with Gasteiger partial charge in [-0.3, -0.25) is 4.79 Å². The van der Waals surface area contributed by atoms with Crippen LogP contribution in [0.1, 0.15) is 22.3 Å². The van der Waals surface area contributed by atoms with Crippen molar-refractivity contribution in [3.05, 3.63) is 35.4 Å². The summed E-state index contributed by atoms with van der Waals surface area (Å²) in [5.74, 6) is -0.102. The second-order valence-corrected chi connectivity index (χ2v) is 5.31. The molecule has 7 heteroatoms. The van der Waals surface area contributed by atoms with Gasteiger partial charge in [-0.25, -0.2) is 9.59 Å². The molecule has 0 saturated carbocycles. The van der Waals surface area contributed by atoms with Crippen molar-refractivity contribution in [2.45, 2.75) is 18.2 Å². The Morgan fingerprint density at radius 3 is 2.57 bits per heavy atom. The fraction of sp³-hybridized carbons (Fsp3) is 0.357. The summed E-state index contributed by atoms with van der Waals surface area (Å²) >= 11 is 1.56. The molecule has 1 unspecified atom stereocenters. The van der Waals surface area contributed by atoms with Crippen LogP contribution in [0.5, 0.6) is 0 Å². The Bertz CT molecular complexity index is 489. The number of thioether (sulfide) groups is 1. The van der Waals surface area contributed by atoms with Crippen LogP contribution in [0.4, 0.5) is 0 Å². The number of carboxylic acid groups (broad SMARTS) is 1. The molecule has 0 fully saturated rings. The lowest BCUT2D eigenvalue weighted by Gasteiger charge is -2.10. The van der Waals surface area contributed by atoms with E-state index >= 15 is 0 Å². The maximum absolute atomic E-state index is 11.3. The smallest absolute Gasteiger partial charge is 0.337 e. The van der Waals surface area contributed by atoms with E-state index in [0.717, 1.165) is 5.56 Å². The van der Waals surface area contributed by atoms with E-state index in [1.807, 2.05) is 12.1 Å². The summed E-state index contributed by atoms with van der Waals surface area (Å²) in [6.07, 6.45) is 0.758. The van der Waals surface area contributed by atoms with E-state index in [1.54, 1.807) is 23.9 Å². The molecule has 21 heavy (non-hydrogen) atoms. The van der Waals surface area contributed by atoms with Gasteiger partial charge < -0.3 is 15.2 Å². The first-order valence-corrected chi connectivity index (χ1v) is 7.41. The summed E-state index contributed by atoms with van der Waals surface area (Å²) < 4.78 is 4.61. The van der Waals surface area contributed by atoms with E-state index < -0.39 is 12.0 Å². The molecule has 1 rings (SSSR count). The highest BCUT2D eigenvalue weighted by Gasteiger charge is 2.15. The standard InChI is InChI=1S/C14H17NO5S/c1-20-14(19)11-4-2-10(3-5-11)8-21-7-6-12(13(17)18)15-9-16/h2-5,9,12H,6-8H2,1H3,(H,15,16)(H,17,18). The highest BCUT2D eigenvalue weighted by atomic mass is 32.2. The summed E-state index contributed by atoms with van der Waals surface area (Å²) in [6.45, 7) is 0. The number of carbonyl (C=O) groups excluding carboxylic acids is 2. The fourth-order valence-corrected chi connectivity index (χ4v) is 2.58. The van der Waals surface area contributed by atoms with Gasteiger partial charge in [0.2, 0.25) is 6.41 Å². The molecule has 0 aliphatic carbocycles. The maximum Gasteiger partial charge on any atom is 0.337 e. The third-order valence-electron chi connectivity index (χ3n) is 2.76. The molecule has 114 valence electrons. The molecular weight excluding hydrogens is 294 g/mol. The Morgan fingerprint density at radius 1 is 1.38 bits per heavy atom. The number of methoxy groups -OCH3 is 1. The topological polar surface area (TPSA) is 92.7 Å². The second kappa shape index (κ2) is 9.02. The van der Waals surface area contributed by atoms with Crippen molar-refractivity contribution in [1.29, 1.82) is 0 Å². The maximum atomic E-state index is 11.3. The van der Waals surface area contributed by atoms with Crippen LogP contribution in [0.15, 0.2) is 24.3 Å². The molecular formula is C14H17NO5S. The van der Waals surface area contributed by atoms with Gasteiger partial charge in [0.15, 0.2) is 0 Å². The zero-order valence-electron chi connectivity index (χ0n) is 11.6. The number of hydrogen-bond donors (Lipinski definition) is 2. The summed E-state index contributed by atoms with van der Waals surface area (Å²) in [5.41, 5.74) is 1.52. The Hall–Kier alpha value is -2.02. The first kappa shape index (κ1) is 17.0. The van der Waals surface area contributed by atoms with Crippen molar-refractivity contribution >= 4 is 30.1 Å². The Kier molecular flexibility index (Phi) is 7.31. The molecule has 1 aromatic carbocycles. The lowest BCUT2D eigenvalue weighted by atomic mass is 10.1. The van der Waals surface area contributed by atoms with Crippen molar-refractivity contribution < 1.29 is 24.2 Å². The first-order valence-electron chi connectivity index (χ1n) is 6.26. The van der Waals surface area contributed by atoms with E-state index in [9.17, 15) is 14.4 Å². The quantitative estimate of drug-likeness (QED) is 0.406. The third-order valence-corrected chi connectivity index (χ3v) is 3.82. The van der Waals surface area contributed by atoms with Gasteiger partial charge in [-0.05, 0) is 29.9 Å². The number of hydrogen-bond acceptors (Lipinski definition) is 5. The van der Waals surface area contributed by atoms with Crippen LogP contribution in [0, 0.1) is 0 Å². The molecule has 0 aliphatic rings. The molecule has 0 aromatic heterocycles. The SMILES string of the molecule is COC(=O)c1ccc(CSCCC(NC=O)C(=O)O)cc1. The molecule has 0 spiro atoms. The van der Waals surface area contributed by atoms with Crippen LogP contribution in [0.3, 0.4) is 0 Å². The number of carboxylic acids is 1. The predicted octanol–water partition coefficient (Wildman–Crippen LogP) is 1.30. The van der Waals surface area contributed by atoms with Crippen LogP contribution in [-0.4, -0.2) is 42.4 Å². The zero-order chi connectivity index (χ0) is 15.7. The van der Waals surface area contributed by atoms with Gasteiger partial charge in [-0.1, -0.05) is 12.1 Å². The number of aliphatic carboxylic acids is 1. The molecule has 0 bridgehead atoms. The lowest BCUT2D eigenvalue weighted by Crippen LogP contribution is -2.36. The molecule has 6 nitrogen and oxygen atoms in total. The van der Waals surface area contributed by atoms with Crippen molar-refractivity contribution in [2.75, 3.05) is 12.9 Å². The molecule has 0 saturated heterocycles. The predicted molar refractivity (Wildman–Crippen MR) is 79.2 cm³/mol. The van der Waals surface area contributed by atoms with E-state index in [0.29, 0.717) is 29.9 Å². The number of nitrogens with one attached hydrogen (secondary N) is 1. The molecule has 0 aliphatic heterocycles. The van der Waals surface area contributed by atoms with Crippen LogP contribution < -0.4 is 5.32 Å². The molecule has 0 heterocycles. The number of benzene rings is 1. The third kappa shape index (κ3) is 5.86. The van der Waals surface area contributed by atoms with Gasteiger partial charge in [-0.15, -0.1) is 0 Å². The summed E-state index contributed by atoms with van der Waals surface area (Å²) in [4.78, 5) is 32.3. The molecule has 1 amide bonds. The Balaban J connectivity index is 2.37. The van der Waals surface area contributed by atoms with Crippen LogP contribution in [0.25, 0.3) is 0 Å². The molecule has 1 atom stereocenters. The molecule has 0 radical (unpaired) electrons. The summed E-state index contributed by atoms with van der Waals surface area (Å²) in [6, 6.07) is 6.19. The minimum Gasteiger partial charge on any atom is -0.480 e. The zero-order valence-corrected chi connectivity index (χ0v) is 12.4. The minimum absolute atomic E-state index is 0.360. The highest BCUT2D eigenvalue weighted by molar-refractivity contribution is 7.98. The van der Waals surface area contributed by atoms with E-state index in [1.165, 1.54) is 7.11 Å². The fourth-order valence-electron chi connectivity index (χ4n) is 1.61. The van der Waals surface area contributed by atoms with Crippen molar-refractivity contribution in [1.82, 2.24) is 5.32 Å². The summed E-state index contributed by atoms with van der Waals surface area (Å²) in [7, 11) is 1.33. The molecule has 2 N–H and O–H groups in total. The van der Waals surface area contributed by atoms with Gasteiger partial charge in [0.05, 0.1) is 12.7 Å².